The van der Waals surface area contributed by atoms with Crippen LogP contribution in [-0.2, 0) is 0 Å². The van der Waals surface area contributed by atoms with Gasteiger partial charge in [0.2, 0.25) is 0 Å². The molecular formula is C16H20N2O2. The number of nitrogens with zero attached hydrogens (tertiary/aromatic N) is 1. The summed E-state index contributed by atoms with van der Waals surface area (Å²) in [6, 6.07) is 13.3. The largest absolute Gasteiger partial charge is 0.490 e. The third kappa shape index (κ3) is 3.71. The van der Waals surface area contributed by atoms with Crippen molar-refractivity contribution in [3.8, 4) is 5.75 Å². The van der Waals surface area contributed by atoms with Gasteiger partial charge in [0, 0.05) is 6.20 Å². The van der Waals surface area contributed by atoms with Crippen LogP contribution in [0.4, 0.5) is 5.82 Å². The van der Waals surface area contributed by atoms with Gasteiger partial charge in [-0.1, -0.05) is 37.3 Å². The zero-order chi connectivity index (χ0) is 14.2. The first-order chi connectivity index (χ1) is 9.85. The molecule has 1 heterocycles. The van der Waals surface area contributed by atoms with Crippen LogP contribution in [0.1, 0.15) is 24.9 Å². The smallest absolute Gasteiger partial charge is 0.169 e. The van der Waals surface area contributed by atoms with Gasteiger partial charge >= 0.3 is 0 Å². The summed E-state index contributed by atoms with van der Waals surface area (Å²) in [5, 5.41) is 12.8. The van der Waals surface area contributed by atoms with Crippen molar-refractivity contribution >= 4 is 5.82 Å². The summed E-state index contributed by atoms with van der Waals surface area (Å²) in [4.78, 5) is 4.30. The highest BCUT2D eigenvalue weighted by atomic mass is 16.5. The van der Waals surface area contributed by atoms with Crippen LogP contribution in [0.15, 0.2) is 48.7 Å². The number of benzene rings is 1. The maximum atomic E-state index is 9.58. The van der Waals surface area contributed by atoms with Crippen molar-refractivity contribution in [2.75, 3.05) is 18.5 Å². The zero-order valence-corrected chi connectivity index (χ0v) is 11.6. The van der Waals surface area contributed by atoms with E-state index in [0.717, 1.165) is 12.0 Å². The molecule has 4 heteroatoms. The summed E-state index contributed by atoms with van der Waals surface area (Å²) in [5.41, 5.74) is 1.02. The molecule has 0 fully saturated rings. The summed E-state index contributed by atoms with van der Waals surface area (Å²) < 4.78 is 5.66. The van der Waals surface area contributed by atoms with Crippen molar-refractivity contribution in [1.29, 1.82) is 0 Å². The lowest BCUT2D eigenvalue weighted by Crippen LogP contribution is -2.16. The number of hydrogen-bond donors (Lipinski definition) is 2. The summed E-state index contributed by atoms with van der Waals surface area (Å²) in [6.45, 7) is 2.70. The second kappa shape index (κ2) is 7.50. The fourth-order valence-electron chi connectivity index (χ4n) is 1.91. The van der Waals surface area contributed by atoms with E-state index in [1.807, 2.05) is 42.5 Å². The topological polar surface area (TPSA) is 54.4 Å². The van der Waals surface area contributed by atoms with Gasteiger partial charge < -0.3 is 15.2 Å². The number of aliphatic hydroxyl groups excluding tert-OH is 1. The van der Waals surface area contributed by atoms with Crippen molar-refractivity contribution in [1.82, 2.24) is 4.98 Å². The van der Waals surface area contributed by atoms with E-state index in [4.69, 9.17) is 4.74 Å². The molecule has 4 nitrogen and oxygen atoms in total. The number of pyridine rings is 1. The van der Waals surface area contributed by atoms with Crippen LogP contribution in [0, 0.1) is 0 Å². The van der Waals surface area contributed by atoms with E-state index in [0.29, 0.717) is 18.2 Å². The van der Waals surface area contributed by atoms with E-state index in [-0.39, 0.29) is 12.6 Å². The Hall–Kier alpha value is -2.07. The predicted octanol–water partition coefficient (Wildman–Crippen LogP) is 3.02. The fraction of sp³-hybridized carbons (Fsp3) is 0.312. The average Bonchev–Trinajstić information content (AvgIpc) is 2.52. The first-order valence-corrected chi connectivity index (χ1v) is 6.85. The first kappa shape index (κ1) is 14.3. The minimum absolute atomic E-state index is 0.00615. The lowest BCUT2D eigenvalue weighted by molar-refractivity contribution is 0.275. The minimum Gasteiger partial charge on any atom is -0.490 e. The van der Waals surface area contributed by atoms with Crippen LogP contribution >= 0.6 is 0 Å². The van der Waals surface area contributed by atoms with Gasteiger partial charge in [0.15, 0.2) is 11.6 Å². The molecule has 0 aliphatic rings. The normalized spacial score (nSPS) is 11.9. The molecule has 1 aromatic carbocycles. The Morgan fingerprint density at radius 3 is 2.70 bits per heavy atom. The van der Waals surface area contributed by atoms with E-state index < -0.39 is 0 Å². The zero-order valence-electron chi connectivity index (χ0n) is 11.6. The van der Waals surface area contributed by atoms with E-state index in [1.165, 1.54) is 0 Å². The standard InChI is InChI=1S/C16H20N2O2/c1-2-11-20-15-9-6-10-17-16(15)18-14(12-19)13-7-4-3-5-8-13/h3-10,14,19H,2,11-12H2,1H3,(H,17,18). The summed E-state index contributed by atoms with van der Waals surface area (Å²) >= 11 is 0. The Bertz CT molecular complexity index is 517. The number of rotatable bonds is 7. The predicted molar refractivity (Wildman–Crippen MR) is 79.9 cm³/mol. The lowest BCUT2D eigenvalue weighted by atomic mass is 10.1. The molecule has 20 heavy (non-hydrogen) atoms. The quantitative estimate of drug-likeness (QED) is 0.813. The third-order valence-corrected chi connectivity index (χ3v) is 2.93. The molecule has 106 valence electrons. The molecule has 0 saturated carbocycles. The Kier molecular flexibility index (Phi) is 5.38. The summed E-state index contributed by atoms with van der Waals surface area (Å²) in [7, 11) is 0. The Balaban J connectivity index is 2.15. The molecule has 2 aromatic rings. The van der Waals surface area contributed by atoms with Crippen LogP contribution < -0.4 is 10.1 Å². The molecule has 1 aromatic heterocycles. The molecule has 0 aliphatic carbocycles. The number of aromatic nitrogens is 1. The number of anilines is 1. The van der Waals surface area contributed by atoms with Crippen molar-refractivity contribution in [3.63, 3.8) is 0 Å². The highest BCUT2D eigenvalue weighted by Crippen LogP contribution is 2.25. The van der Waals surface area contributed by atoms with Gasteiger partial charge in [0.1, 0.15) is 0 Å². The van der Waals surface area contributed by atoms with Gasteiger partial charge in [0.25, 0.3) is 0 Å². The lowest BCUT2D eigenvalue weighted by Gasteiger charge is -2.19. The summed E-state index contributed by atoms with van der Waals surface area (Å²) in [6.07, 6.45) is 2.65. The van der Waals surface area contributed by atoms with E-state index in [2.05, 4.69) is 17.2 Å². The van der Waals surface area contributed by atoms with Crippen LogP contribution in [0.5, 0.6) is 5.75 Å². The molecule has 0 radical (unpaired) electrons. The maximum absolute atomic E-state index is 9.58. The second-order valence-corrected chi connectivity index (χ2v) is 4.49. The SMILES string of the molecule is CCCOc1cccnc1NC(CO)c1ccccc1. The molecule has 0 bridgehead atoms. The van der Waals surface area contributed by atoms with Crippen molar-refractivity contribution in [2.45, 2.75) is 19.4 Å². The highest BCUT2D eigenvalue weighted by molar-refractivity contribution is 5.51. The first-order valence-electron chi connectivity index (χ1n) is 6.85. The number of ether oxygens (including phenoxy) is 1. The average molecular weight is 272 g/mol. The fourth-order valence-corrected chi connectivity index (χ4v) is 1.91. The molecular weight excluding hydrogens is 252 g/mol. The van der Waals surface area contributed by atoms with E-state index in [9.17, 15) is 5.11 Å². The van der Waals surface area contributed by atoms with Crippen LogP contribution in [-0.4, -0.2) is 23.3 Å². The highest BCUT2D eigenvalue weighted by Gasteiger charge is 2.13. The number of aliphatic hydroxyl groups is 1. The molecule has 0 spiro atoms. The molecule has 0 amide bonds. The molecule has 2 rings (SSSR count). The van der Waals surface area contributed by atoms with Gasteiger partial charge in [-0.2, -0.15) is 0 Å². The second-order valence-electron chi connectivity index (χ2n) is 4.49. The number of nitrogens with one attached hydrogen (secondary N) is 1. The maximum Gasteiger partial charge on any atom is 0.169 e. The molecule has 0 saturated heterocycles. The van der Waals surface area contributed by atoms with E-state index in [1.54, 1.807) is 6.20 Å². The molecule has 2 N–H and O–H groups in total. The van der Waals surface area contributed by atoms with Gasteiger partial charge in [-0.25, -0.2) is 4.98 Å². The van der Waals surface area contributed by atoms with Crippen LogP contribution in [0.3, 0.4) is 0 Å². The Morgan fingerprint density at radius 1 is 1.20 bits per heavy atom. The van der Waals surface area contributed by atoms with Gasteiger partial charge in [-0.05, 0) is 24.1 Å². The third-order valence-electron chi connectivity index (χ3n) is 2.93. The Morgan fingerprint density at radius 2 is 2.00 bits per heavy atom. The van der Waals surface area contributed by atoms with Gasteiger partial charge in [0.05, 0.1) is 19.3 Å². The van der Waals surface area contributed by atoms with Crippen molar-refractivity contribution < 1.29 is 9.84 Å². The van der Waals surface area contributed by atoms with Crippen LogP contribution in [0.25, 0.3) is 0 Å². The number of hydrogen-bond acceptors (Lipinski definition) is 4. The van der Waals surface area contributed by atoms with Gasteiger partial charge in [-0.15, -0.1) is 0 Å². The minimum atomic E-state index is -0.199. The monoisotopic (exact) mass is 272 g/mol. The molecule has 0 aliphatic heterocycles. The van der Waals surface area contributed by atoms with Crippen molar-refractivity contribution in [3.05, 3.63) is 54.2 Å². The molecule has 1 atom stereocenters. The van der Waals surface area contributed by atoms with Crippen molar-refractivity contribution in [2.24, 2.45) is 0 Å². The van der Waals surface area contributed by atoms with Gasteiger partial charge in [-0.3, -0.25) is 0 Å². The Labute approximate surface area is 119 Å². The van der Waals surface area contributed by atoms with E-state index >= 15 is 0 Å². The summed E-state index contributed by atoms with van der Waals surface area (Å²) in [5.74, 6) is 1.37. The van der Waals surface area contributed by atoms with Crippen LogP contribution in [0.2, 0.25) is 0 Å². The molecule has 1 unspecified atom stereocenters.